The number of benzene rings is 1. The topological polar surface area (TPSA) is 111 Å². The fraction of sp³-hybridized carbons (Fsp3) is 0.625. The molecule has 0 saturated carbocycles. The second kappa shape index (κ2) is 9.05. The molecule has 27 heavy (non-hydrogen) atoms. The minimum absolute atomic E-state index is 0. The molecular weight excluding hydrogens is 398 g/mol. The van der Waals surface area contributed by atoms with Crippen LogP contribution in [0.4, 0.5) is 5.69 Å². The van der Waals surface area contributed by atoms with Gasteiger partial charge in [0.05, 0.1) is 11.0 Å². The molecule has 2 aliphatic rings. The first-order valence-corrected chi connectivity index (χ1v) is 10.2. The van der Waals surface area contributed by atoms with Crippen LogP contribution in [-0.4, -0.2) is 56.5 Å². The number of piperidine rings is 1. The van der Waals surface area contributed by atoms with Crippen LogP contribution in [0, 0.1) is 10.1 Å². The van der Waals surface area contributed by atoms with Gasteiger partial charge in [0.15, 0.2) is 16.4 Å². The minimum Gasteiger partial charge on any atom is -0.486 e. The summed E-state index contributed by atoms with van der Waals surface area (Å²) in [6.07, 6.45) is 1.98. The number of nitro groups is 1. The van der Waals surface area contributed by atoms with Gasteiger partial charge in [0.25, 0.3) is 5.69 Å². The number of hydrogen-bond acceptors (Lipinski definition) is 7. The highest BCUT2D eigenvalue weighted by Gasteiger charge is 2.37. The lowest BCUT2D eigenvalue weighted by atomic mass is 10.1. The van der Waals surface area contributed by atoms with Gasteiger partial charge in [-0.05, 0) is 32.4 Å². The van der Waals surface area contributed by atoms with E-state index in [4.69, 9.17) is 9.47 Å². The number of rotatable bonds is 6. The number of ether oxygens (including phenoxy) is 2. The summed E-state index contributed by atoms with van der Waals surface area (Å²) in [7, 11) is -4.04. The van der Waals surface area contributed by atoms with Gasteiger partial charge in [-0.2, -0.15) is 4.31 Å². The lowest BCUT2D eigenvalue weighted by molar-refractivity contribution is -0.388. The van der Waals surface area contributed by atoms with Crippen molar-refractivity contribution in [1.29, 1.82) is 0 Å². The summed E-state index contributed by atoms with van der Waals surface area (Å²) in [5, 5.41) is 14.7. The van der Waals surface area contributed by atoms with Gasteiger partial charge in [-0.15, -0.1) is 12.4 Å². The molecule has 1 saturated heterocycles. The highest BCUT2D eigenvalue weighted by atomic mass is 35.5. The Kier molecular flexibility index (Phi) is 7.26. The molecule has 1 fully saturated rings. The smallest absolute Gasteiger partial charge is 0.293 e. The van der Waals surface area contributed by atoms with Crippen LogP contribution in [0.2, 0.25) is 0 Å². The lowest BCUT2D eigenvalue weighted by Gasteiger charge is -2.33. The van der Waals surface area contributed by atoms with E-state index in [2.05, 4.69) is 5.32 Å². The summed E-state index contributed by atoms with van der Waals surface area (Å²) in [5.41, 5.74) is -0.482. The Bertz CT molecular complexity index is 783. The Morgan fingerprint density at radius 3 is 2.37 bits per heavy atom. The molecule has 0 spiro atoms. The Labute approximate surface area is 164 Å². The first-order valence-electron chi connectivity index (χ1n) is 8.75. The molecular formula is C16H24ClN3O6S. The number of fused-ring (bicyclic) bond motifs is 1. The van der Waals surface area contributed by atoms with Crippen molar-refractivity contribution in [3.8, 4) is 11.5 Å². The molecule has 0 atom stereocenters. The first-order chi connectivity index (χ1) is 12.4. The summed E-state index contributed by atoms with van der Waals surface area (Å²) in [6.45, 7) is 4.21. The van der Waals surface area contributed by atoms with Crippen molar-refractivity contribution < 1.29 is 22.8 Å². The first kappa shape index (κ1) is 21.7. The number of halogens is 1. The number of nitrogens with one attached hydrogen (secondary N) is 1. The minimum atomic E-state index is -4.04. The van der Waals surface area contributed by atoms with E-state index >= 15 is 0 Å². The van der Waals surface area contributed by atoms with Crippen molar-refractivity contribution in [3.05, 3.63) is 22.2 Å². The van der Waals surface area contributed by atoms with Gasteiger partial charge in [0, 0.05) is 18.7 Å². The van der Waals surface area contributed by atoms with Crippen LogP contribution in [0.25, 0.3) is 0 Å². The van der Waals surface area contributed by atoms with Crippen LogP contribution >= 0.6 is 12.4 Å². The van der Waals surface area contributed by atoms with E-state index in [0.717, 1.165) is 19.2 Å². The van der Waals surface area contributed by atoms with E-state index in [9.17, 15) is 18.5 Å². The monoisotopic (exact) mass is 421 g/mol. The van der Waals surface area contributed by atoms with Gasteiger partial charge in [0.1, 0.15) is 13.2 Å². The fourth-order valence-electron chi connectivity index (χ4n) is 3.35. The van der Waals surface area contributed by atoms with Gasteiger partial charge >= 0.3 is 0 Å². The highest BCUT2D eigenvalue weighted by molar-refractivity contribution is 7.89. The molecule has 0 aromatic heterocycles. The molecule has 9 nitrogen and oxygen atoms in total. The zero-order chi connectivity index (χ0) is 18.7. The Balaban J connectivity index is 0.00000261. The third kappa shape index (κ3) is 4.45. The summed E-state index contributed by atoms with van der Waals surface area (Å²) in [6, 6.07) is 2.20. The summed E-state index contributed by atoms with van der Waals surface area (Å²) >= 11 is 0. The van der Waals surface area contributed by atoms with E-state index in [1.54, 1.807) is 0 Å². The Morgan fingerprint density at radius 1 is 1.22 bits per heavy atom. The second-order valence-electron chi connectivity index (χ2n) is 6.32. The van der Waals surface area contributed by atoms with Crippen LogP contribution in [0.3, 0.4) is 0 Å². The number of nitro benzene ring substituents is 1. The molecule has 1 aromatic carbocycles. The predicted octanol–water partition coefficient (Wildman–Crippen LogP) is 1.94. The van der Waals surface area contributed by atoms with E-state index in [-0.39, 0.29) is 48.1 Å². The molecule has 1 N–H and O–H groups in total. The average molecular weight is 422 g/mol. The van der Waals surface area contributed by atoms with Gasteiger partial charge in [-0.3, -0.25) is 10.1 Å². The van der Waals surface area contributed by atoms with Crippen molar-refractivity contribution in [2.24, 2.45) is 0 Å². The normalized spacial score (nSPS) is 17.4. The second-order valence-corrected chi connectivity index (χ2v) is 8.18. The van der Waals surface area contributed by atoms with Crippen molar-refractivity contribution in [3.63, 3.8) is 0 Å². The van der Waals surface area contributed by atoms with Crippen molar-refractivity contribution in [2.45, 2.75) is 37.1 Å². The third-order valence-corrected chi connectivity index (χ3v) is 6.55. The lowest BCUT2D eigenvalue weighted by Crippen LogP contribution is -2.46. The van der Waals surface area contributed by atoms with E-state index in [1.165, 1.54) is 10.4 Å². The molecule has 0 amide bonds. The van der Waals surface area contributed by atoms with E-state index in [0.29, 0.717) is 25.8 Å². The summed E-state index contributed by atoms with van der Waals surface area (Å²) in [5.74, 6) is 0.424. The Morgan fingerprint density at radius 2 is 1.81 bits per heavy atom. The van der Waals surface area contributed by atoms with E-state index < -0.39 is 20.6 Å². The van der Waals surface area contributed by atoms with Crippen molar-refractivity contribution >= 4 is 28.1 Å². The third-order valence-electron chi connectivity index (χ3n) is 4.57. The molecule has 0 bridgehead atoms. The van der Waals surface area contributed by atoms with Gasteiger partial charge in [-0.1, -0.05) is 6.92 Å². The fourth-order valence-corrected chi connectivity index (χ4v) is 5.28. The zero-order valence-electron chi connectivity index (χ0n) is 15.0. The van der Waals surface area contributed by atoms with Crippen molar-refractivity contribution in [2.75, 3.05) is 32.8 Å². The summed E-state index contributed by atoms with van der Waals surface area (Å²) < 4.78 is 38.9. The van der Waals surface area contributed by atoms with Crippen LogP contribution in [0.1, 0.15) is 26.2 Å². The molecule has 152 valence electrons. The number of sulfonamides is 1. The summed E-state index contributed by atoms with van der Waals surface area (Å²) in [4.78, 5) is 10.5. The maximum absolute atomic E-state index is 13.3. The SMILES string of the molecule is CCCN(C1CCNCC1)S(=O)(=O)c1cc2c(cc1[N+](=O)[O-])OCCO2.Cl. The van der Waals surface area contributed by atoms with E-state index in [1.807, 2.05) is 6.92 Å². The maximum Gasteiger partial charge on any atom is 0.293 e. The largest absolute Gasteiger partial charge is 0.486 e. The molecule has 2 heterocycles. The van der Waals surface area contributed by atoms with Crippen LogP contribution in [0.15, 0.2) is 17.0 Å². The van der Waals surface area contributed by atoms with Gasteiger partial charge in [0.2, 0.25) is 10.0 Å². The number of nitrogens with zero attached hydrogens (tertiary/aromatic N) is 2. The van der Waals surface area contributed by atoms with Crippen LogP contribution < -0.4 is 14.8 Å². The molecule has 1 aromatic rings. The quantitative estimate of drug-likeness (QED) is 0.551. The molecule has 11 heteroatoms. The zero-order valence-corrected chi connectivity index (χ0v) is 16.7. The van der Waals surface area contributed by atoms with Crippen LogP contribution in [0.5, 0.6) is 11.5 Å². The molecule has 0 unspecified atom stereocenters. The van der Waals surface area contributed by atoms with Gasteiger partial charge < -0.3 is 14.8 Å². The van der Waals surface area contributed by atoms with Crippen molar-refractivity contribution in [1.82, 2.24) is 9.62 Å². The number of hydrogen-bond donors (Lipinski definition) is 1. The standard InChI is InChI=1S/C16H23N3O6S.ClH/c1-2-7-18(12-3-5-17-6-4-12)26(22,23)16-11-15-14(24-8-9-25-15)10-13(16)19(20)21;/h10-12,17H,2-9H2,1H3;1H. The molecule has 2 aliphatic heterocycles. The van der Waals surface area contributed by atoms with Gasteiger partial charge in [-0.25, -0.2) is 8.42 Å². The van der Waals surface area contributed by atoms with Crippen LogP contribution in [-0.2, 0) is 10.0 Å². The molecule has 0 radical (unpaired) electrons. The Hall–Kier alpha value is -1.62. The average Bonchev–Trinajstić information content (AvgIpc) is 2.65. The molecule has 3 rings (SSSR count). The molecule has 0 aliphatic carbocycles. The highest BCUT2D eigenvalue weighted by Crippen LogP contribution is 2.40. The maximum atomic E-state index is 13.3. The predicted molar refractivity (Wildman–Crippen MR) is 101 cm³/mol.